The smallest absolute Gasteiger partial charge is 0.174 e. The van der Waals surface area contributed by atoms with Gasteiger partial charge in [0, 0.05) is 5.56 Å². The van der Waals surface area contributed by atoms with Crippen molar-refractivity contribution < 1.29 is 19.4 Å². The van der Waals surface area contributed by atoms with Crippen LogP contribution in [0.1, 0.15) is 10.4 Å². The van der Waals surface area contributed by atoms with Crippen molar-refractivity contribution in [2.75, 3.05) is 13.7 Å². The van der Waals surface area contributed by atoms with E-state index in [2.05, 4.69) is 0 Å². The van der Waals surface area contributed by atoms with Gasteiger partial charge in [-0.1, -0.05) is 0 Å². The quantitative estimate of drug-likeness (QED) is 0.690. The Labute approximate surface area is 86.5 Å². The molecule has 0 spiro atoms. The molecule has 0 fully saturated rings. The number of hydrogen-bond acceptors (Lipinski definition) is 5. The molecule has 0 saturated carbocycles. The van der Waals surface area contributed by atoms with Crippen molar-refractivity contribution in [3.05, 3.63) is 23.8 Å². The maximum atomic E-state index is 10.5. The zero-order valence-corrected chi connectivity index (χ0v) is 8.02. The van der Waals surface area contributed by atoms with Gasteiger partial charge in [0.2, 0.25) is 0 Å². The van der Waals surface area contributed by atoms with Crippen LogP contribution in [0.3, 0.4) is 0 Å². The lowest BCUT2D eigenvalue weighted by atomic mass is 10.2. The zero-order chi connectivity index (χ0) is 11.3. The highest BCUT2D eigenvalue weighted by molar-refractivity contribution is 5.86. The second-order valence-corrected chi connectivity index (χ2v) is 2.60. The van der Waals surface area contributed by atoms with Crippen LogP contribution in [0.2, 0.25) is 0 Å². The van der Waals surface area contributed by atoms with Crippen molar-refractivity contribution in [1.82, 2.24) is 0 Å². The molecule has 0 aliphatic heterocycles. The summed E-state index contributed by atoms with van der Waals surface area (Å²) in [6.07, 6.45) is 0. The molecular formula is C10H8NO4-. The highest BCUT2D eigenvalue weighted by Gasteiger charge is 2.05. The number of carbonyl (C=O) groups is 1. The highest BCUT2D eigenvalue weighted by atomic mass is 16.5. The van der Waals surface area contributed by atoms with Crippen molar-refractivity contribution in [1.29, 1.82) is 5.26 Å². The molecule has 0 aromatic heterocycles. The lowest BCUT2D eigenvalue weighted by Gasteiger charge is -2.10. The normalized spacial score (nSPS) is 9.07. The number of rotatable bonds is 4. The first-order valence-corrected chi connectivity index (χ1v) is 4.08. The van der Waals surface area contributed by atoms with Crippen LogP contribution in [0.4, 0.5) is 0 Å². The fourth-order valence-corrected chi connectivity index (χ4v) is 1.02. The molecule has 5 nitrogen and oxygen atoms in total. The van der Waals surface area contributed by atoms with Crippen LogP contribution in [0.25, 0.3) is 0 Å². The summed E-state index contributed by atoms with van der Waals surface area (Å²) in [5, 5.41) is 18.8. The number of ether oxygens (including phenoxy) is 2. The number of carboxylic acid groups (broad SMARTS) is 1. The Bertz CT molecular complexity index is 408. The van der Waals surface area contributed by atoms with Gasteiger partial charge in [-0.15, -0.1) is 0 Å². The molecule has 0 N–H and O–H groups in total. The number of benzene rings is 1. The standard InChI is InChI=1S/C10H9NO4/c1-14-9-6-7(10(12)13)2-3-8(9)15-5-4-11/h2-3,6H,5H2,1H3,(H,12,13)/p-1. The van der Waals surface area contributed by atoms with Crippen LogP contribution in [-0.4, -0.2) is 19.7 Å². The van der Waals surface area contributed by atoms with E-state index in [9.17, 15) is 9.90 Å². The number of carboxylic acids is 1. The maximum Gasteiger partial charge on any atom is 0.174 e. The van der Waals surface area contributed by atoms with Gasteiger partial charge in [-0.3, -0.25) is 0 Å². The number of carbonyl (C=O) groups excluding carboxylic acids is 1. The molecule has 15 heavy (non-hydrogen) atoms. The van der Waals surface area contributed by atoms with Gasteiger partial charge < -0.3 is 19.4 Å². The van der Waals surface area contributed by atoms with Crippen LogP contribution in [0, 0.1) is 11.3 Å². The second-order valence-electron chi connectivity index (χ2n) is 2.60. The molecule has 5 heteroatoms. The van der Waals surface area contributed by atoms with E-state index in [1.54, 1.807) is 6.07 Å². The molecule has 0 radical (unpaired) electrons. The third-order valence-electron chi connectivity index (χ3n) is 1.69. The summed E-state index contributed by atoms with van der Waals surface area (Å²) in [6.45, 7) is -0.124. The van der Waals surface area contributed by atoms with Crippen LogP contribution in [0.5, 0.6) is 11.5 Å². The minimum absolute atomic E-state index is 0.00356. The summed E-state index contributed by atoms with van der Waals surface area (Å²) >= 11 is 0. The molecule has 0 aliphatic rings. The summed E-state index contributed by atoms with van der Waals surface area (Å²) in [6, 6.07) is 5.82. The second kappa shape index (κ2) is 4.86. The van der Waals surface area contributed by atoms with Gasteiger partial charge >= 0.3 is 0 Å². The van der Waals surface area contributed by atoms with E-state index in [4.69, 9.17) is 14.7 Å². The predicted molar refractivity (Wildman–Crippen MR) is 48.4 cm³/mol. The van der Waals surface area contributed by atoms with Gasteiger partial charge in [0.1, 0.15) is 6.07 Å². The Balaban J connectivity index is 2.99. The topological polar surface area (TPSA) is 82.4 Å². The molecular weight excluding hydrogens is 198 g/mol. The predicted octanol–water partition coefficient (Wildman–Crippen LogP) is -0.0389. The third kappa shape index (κ3) is 2.61. The summed E-state index contributed by atoms with van der Waals surface area (Å²) < 4.78 is 9.92. The van der Waals surface area contributed by atoms with Crippen LogP contribution in [0.15, 0.2) is 18.2 Å². The minimum atomic E-state index is -1.29. The molecule has 0 heterocycles. The first-order chi connectivity index (χ1) is 7.19. The van der Waals surface area contributed by atoms with Crippen molar-refractivity contribution in [2.24, 2.45) is 0 Å². The Hall–Kier alpha value is -2.22. The fraction of sp³-hybridized carbons (Fsp3) is 0.200. The lowest BCUT2D eigenvalue weighted by Crippen LogP contribution is -2.22. The molecule has 1 rings (SSSR count). The molecule has 0 atom stereocenters. The van der Waals surface area contributed by atoms with E-state index in [1.807, 2.05) is 0 Å². The van der Waals surface area contributed by atoms with Gasteiger partial charge in [-0.25, -0.2) is 0 Å². The third-order valence-corrected chi connectivity index (χ3v) is 1.69. The number of aromatic carboxylic acids is 1. The number of nitrogens with zero attached hydrogens (tertiary/aromatic N) is 1. The summed E-state index contributed by atoms with van der Waals surface area (Å²) in [7, 11) is 1.38. The van der Waals surface area contributed by atoms with Gasteiger partial charge in [0.25, 0.3) is 0 Å². The van der Waals surface area contributed by atoms with Gasteiger partial charge in [-0.2, -0.15) is 5.26 Å². The van der Waals surface area contributed by atoms with Crippen molar-refractivity contribution in [2.45, 2.75) is 0 Å². The van der Waals surface area contributed by atoms with Crippen LogP contribution in [-0.2, 0) is 0 Å². The molecule has 78 valence electrons. The molecule has 1 aromatic rings. The maximum absolute atomic E-state index is 10.5. The lowest BCUT2D eigenvalue weighted by molar-refractivity contribution is -0.255. The van der Waals surface area contributed by atoms with Gasteiger partial charge in [0.15, 0.2) is 18.1 Å². The van der Waals surface area contributed by atoms with E-state index < -0.39 is 5.97 Å². The molecule has 0 amide bonds. The van der Waals surface area contributed by atoms with Gasteiger partial charge in [0.05, 0.1) is 13.1 Å². The molecule has 1 aromatic carbocycles. The fourth-order valence-electron chi connectivity index (χ4n) is 1.02. The zero-order valence-electron chi connectivity index (χ0n) is 8.02. The number of hydrogen-bond donors (Lipinski definition) is 0. The van der Waals surface area contributed by atoms with E-state index in [0.717, 1.165) is 0 Å². The molecule has 0 bridgehead atoms. The monoisotopic (exact) mass is 206 g/mol. The minimum Gasteiger partial charge on any atom is -0.545 e. The molecule has 0 saturated heterocycles. The average Bonchev–Trinajstić information content (AvgIpc) is 2.25. The summed E-state index contributed by atoms with van der Waals surface area (Å²) in [5.41, 5.74) is -0.00356. The Kier molecular flexibility index (Phi) is 3.52. The van der Waals surface area contributed by atoms with Crippen LogP contribution < -0.4 is 14.6 Å². The largest absolute Gasteiger partial charge is 0.545 e. The van der Waals surface area contributed by atoms with Crippen molar-refractivity contribution in [3.63, 3.8) is 0 Å². The van der Waals surface area contributed by atoms with Gasteiger partial charge in [-0.05, 0) is 18.2 Å². The van der Waals surface area contributed by atoms with Crippen molar-refractivity contribution >= 4 is 5.97 Å². The van der Waals surface area contributed by atoms with E-state index >= 15 is 0 Å². The Morgan fingerprint density at radius 2 is 2.27 bits per heavy atom. The summed E-state index contributed by atoms with van der Waals surface area (Å²) in [4.78, 5) is 10.5. The van der Waals surface area contributed by atoms with E-state index in [-0.39, 0.29) is 17.9 Å². The van der Waals surface area contributed by atoms with Crippen LogP contribution >= 0.6 is 0 Å². The Morgan fingerprint density at radius 1 is 1.53 bits per heavy atom. The number of nitriles is 1. The highest BCUT2D eigenvalue weighted by Crippen LogP contribution is 2.27. The van der Waals surface area contributed by atoms with E-state index in [0.29, 0.717) is 5.75 Å². The number of methoxy groups -OCH3 is 1. The first kappa shape index (κ1) is 10.9. The molecule has 0 unspecified atom stereocenters. The molecule has 0 aliphatic carbocycles. The Morgan fingerprint density at radius 3 is 2.80 bits per heavy atom. The SMILES string of the molecule is COc1cc(C(=O)[O-])ccc1OCC#N. The first-order valence-electron chi connectivity index (χ1n) is 4.08. The summed E-state index contributed by atoms with van der Waals surface area (Å²) in [5.74, 6) is -0.712. The average molecular weight is 206 g/mol. The van der Waals surface area contributed by atoms with E-state index in [1.165, 1.54) is 25.3 Å². The van der Waals surface area contributed by atoms with Crippen molar-refractivity contribution in [3.8, 4) is 17.6 Å².